The predicted octanol–water partition coefficient (Wildman–Crippen LogP) is 2.94. The van der Waals surface area contributed by atoms with Crippen LogP contribution in [0.1, 0.15) is 17.5 Å². The minimum atomic E-state index is -0.437. The van der Waals surface area contributed by atoms with Gasteiger partial charge in [0.2, 0.25) is 11.7 Å². The summed E-state index contributed by atoms with van der Waals surface area (Å²) in [4.78, 5) is 8.53. The molecule has 0 spiro atoms. The maximum atomic E-state index is 6.11. The molecule has 0 aliphatic rings. The maximum absolute atomic E-state index is 6.11. The molecule has 0 bridgehead atoms. The summed E-state index contributed by atoms with van der Waals surface area (Å²) in [5.74, 6) is 0.801. The predicted molar refractivity (Wildman–Crippen MR) is 77.7 cm³/mol. The van der Waals surface area contributed by atoms with Crippen LogP contribution in [0.5, 0.6) is 0 Å². The lowest BCUT2D eigenvalue weighted by Crippen LogP contribution is -2.11. The zero-order chi connectivity index (χ0) is 13.9. The van der Waals surface area contributed by atoms with Crippen molar-refractivity contribution >= 4 is 15.9 Å². The Labute approximate surface area is 124 Å². The summed E-state index contributed by atoms with van der Waals surface area (Å²) in [6, 6.07) is 12.9. The molecule has 0 saturated carbocycles. The van der Waals surface area contributed by atoms with Crippen LogP contribution in [0.25, 0.3) is 11.5 Å². The number of hydrogen-bond acceptors (Lipinski definition) is 5. The number of nitrogens with zero attached hydrogens (tertiary/aromatic N) is 3. The Hall–Kier alpha value is -2.05. The fourth-order valence-corrected chi connectivity index (χ4v) is 2.01. The summed E-state index contributed by atoms with van der Waals surface area (Å²) in [6.07, 6.45) is 1.68. The number of benzene rings is 1. The van der Waals surface area contributed by atoms with Gasteiger partial charge in [0.25, 0.3) is 0 Å². The zero-order valence-corrected chi connectivity index (χ0v) is 12.0. The maximum Gasteiger partial charge on any atom is 0.248 e. The fourth-order valence-electron chi connectivity index (χ4n) is 1.78. The number of hydrogen-bond donors (Lipinski definition) is 1. The van der Waals surface area contributed by atoms with Crippen LogP contribution in [0.2, 0.25) is 0 Å². The highest BCUT2D eigenvalue weighted by molar-refractivity contribution is 9.10. The standard InChI is InChI=1S/C14H11BrN4O/c15-10-6-7-11(17-8-10)13-18-14(20-19-13)12(16)9-4-2-1-3-5-9/h1-8,12H,16H2/t12-/m0/s1. The highest BCUT2D eigenvalue weighted by Crippen LogP contribution is 2.21. The fraction of sp³-hybridized carbons (Fsp3) is 0.0714. The normalized spacial score (nSPS) is 12.3. The SMILES string of the molecule is N[C@@H](c1ccccc1)c1nc(-c2ccc(Br)cn2)no1. The molecule has 1 aromatic carbocycles. The van der Waals surface area contributed by atoms with Gasteiger partial charge in [-0.1, -0.05) is 35.5 Å². The van der Waals surface area contributed by atoms with E-state index >= 15 is 0 Å². The van der Waals surface area contributed by atoms with Crippen LogP contribution in [-0.2, 0) is 0 Å². The van der Waals surface area contributed by atoms with Crippen LogP contribution in [0, 0.1) is 0 Å². The van der Waals surface area contributed by atoms with E-state index in [2.05, 4.69) is 31.1 Å². The molecule has 0 unspecified atom stereocenters. The second kappa shape index (κ2) is 5.52. The molecule has 0 radical (unpaired) electrons. The van der Waals surface area contributed by atoms with Crippen LogP contribution < -0.4 is 5.73 Å². The van der Waals surface area contributed by atoms with Crippen molar-refractivity contribution in [3.05, 3.63) is 64.6 Å². The van der Waals surface area contributed by atoms with Gasteiger partial charge in [0.15, 0.2) is 0 Å². The third-order valence-corrected chi connectivity index (χ3v) is 3.29. The van der Waals surface area contributed by atoms with Crippen molar-refractivity contribution in [3.63, 3.8) is 0 Å². The summed E-state index contributed by atoms with van der Waals surface area (Å²) in [5.41, 5.74) is 7.67. The molecular formula is C14H11BrN4O. The Morgan fingerprint density at radius 1 is 1.10 bits per heavy atom. The van der Waals surface area contributed by atoms with Crippen molar-refractivity contribution in [2.24, 2.45) is 5.73 Å². The van der Waals surface area contributed by atoms with E-state index in [1.807, 2.05) is 42.5 Å². The number of halogens is 1. The monoisotopic (exact) mass is 330 g/mol. The van der Waals surface area contributed by atoms with E-state index in [0.717, 1.165) is 10.0 Å². The number of nitrogens with two attached hydrogens (primary N) is 1. The van der Waals surface area contributed by atoms with Crippen molar-refractivity contribution in [1.82, 2.24) is 15.1 Å². The molecule has 2 aromatic heterocycles. The summed E-state index contributed by atoms with van der Waals surface area (Å²) in [7, 11) is 0. The van der Waals surface area contributed by atoms with E-state index in [9.17, 15) is 0 Å². The molecule has 100 valence electrons. The molecule has 0 fully saturated rings. The van der Waals surface area contributed by atoms with Gasteiger partial charge in [-0.05, 0) is 33.6 Å². The minimum Gasteiger partial charge on any atom is -0.337 e. The molecule has 3 aromatic rings. The molecule has 20 heavy (non-hydrogen) atoms. The van der Waals surface area contributed by atoms with Crippen LogP contribution in [0.15, 0.2) is 57.7 Å². The summed E-state index contributed by atoms with van der Waals surface area (Å²) in [5, 5.41) is 3.92. The Morgan fingerprint density at radius 3 is 2.60 bits per heavy atom. The number of rotatable bonds is 3. The third kappa shape index (κ3) is 2.61. The molecule has 0 aliphatic carbocycles. The van der Waals surface area contributed by atoms with E-state index in [1.165, 1.54) is 0 Å². The highest BCUT2D eigenvalue weighted by Gasteiger charge is 2.17. The lowest BCUT2D eigenvalue weighted by Gasteiger charge is -2.05. The van der Waals surface area contributed by atoms with E-state index in [-0.39, 0.29) is 0 Å². The van der Waals surface area contributed by atoms with Crippen LogP contribution >= 0.6 is 15.9 Å². The summed E-state index contributed by atoms with van der Waals surface area (Å²) < 4.78 is 6.12. The molecule has 3 rings (SSSR count). The topological polar surface area (TPSA) is 77.8 Å². The minimum absolute atomic E-state index is 0.371. The second-order valence-electron chi connectivity index (χ2n) is 4.21. The van der Waals surface area contributed by atoms with Crippen molar-refractivity contribution in [2.75, 3.05) is 0 Å². The quantitative estimate of drug-likeness (QED) is 0.798. The van der Waals surface area contributed by atoms with Gasteiger partial charge >= 0.3 is 0 Å². The van der Waals surface area contributed by atoms with Crippen molar-refractivity contribution in [1.29, 1.82) is 0 Å². The molecular weight excluding hydrogens is 320 g/mol. The first kappa shape index (κ1) is 13.0. The molecule has 2 heterocycles. The van der Waals surface area contributed by atoms with Gasteiger partial charge in [-0.15, -0.1) is 0 Å². The third-order valence-electron chi connectivity index (χ3n) is 2.82. The van der Waals surface area contributed by atoms with Gasteiger partial charge in [-0.25, -0.2) is 0 Å². The van der Waals surface area contributed by atoms with E-state index < -0.39 is 6.04 Å². The molecule has 5 nitrogen and oxygen atoms in total. The highest BCUT2D eigenvalue weighted by atomic mass is 79.9. The summed E-state index contributed by atoms with van der Waals surface area (Å²) >= 11 is 3.33. The largest absolute Gasteiger partial charge is 0.337 e. The van der Waals surface area contributed by atoms with Crippen LogP contribution in [0.4, 0.5) is 0 Å². The number of pyridine rings is 1. The average Bonchev–Trinajstić information content (AvgIpc) is 2.98. The molecule has 0 aliphatic heterocycles. The van der Waals surface area contributed by atoms with Crippen LogP contribution in [0.3, 0.4) is 0 Å². The van der Waals surface area contributed by atoms with Gasteiger partial charge < -0.3 is 10.3 Å². The van der Waals surface area contributed by atoms with Gasteiger partial charge in [-0.2, -0.15) is 4.98 Å². The Balaban J connectivity index is 1.89. The molecule has 2 N–H and O–H groups in total. The van der Waals surface area contributed by atoms with Gasteiger partial charge in [0, 0.05) is 10.7 Å². The summed E-state index contributed by atoms with van der Waals surface area (Å²) in [6.45, 7) is 0. The smallest absolute Gasteiger partial charge is 0.248 e. The van der Waals surface area contributed by atoms with Crippen LogP contribution in [-0.4, -0.2) is 15.1 Å². The molecule has 0 saturated heterocycles. The molecule has 6 heteroatoms. The van der Waals surface area contributed by atoms with Gasteiger partial charge in [0.1, 0.15) is 11.7 Å². The first-order valence-electron chi connectivity index (χ1n) is 6.00. The van der Waals surface area contributed by atoms with E-state index in [4.69, 9.17) is 10.3 Å². The molecule has 1 atom stereocenters. The second-order valence-corrected chi connectivity index (χ2v) is 5.12. The lowest BCUT2D eigenvalue weighted by molar-refractivity contribution is 0.367. The van der Waals surface area contributed by atoms with E-state index in [0.29, 0.717) is 17.4 Å². The first-order valence-corrected chi connectivity index (χ1v) is 6.79. The zero-order valence-electron chi connectivity index (χ0n) is 10.4. The Bertz CT molecular complexity index is 697. The van der Waals surface area contributed by atoms with E-state index in [1.54, 1.807) is 6.20 Å². The van der Waals surface area contributed by atoms with Gasteiger partial charge in [-0.3, -0.25) is 4.98 Å². The Morgan fingerprint density at radius 2 is 1.90 bits per heavy atom. The van der Waals surface area contributed by atoms with Crippen molar-refractivity contribution < 1.29 is 4.52 Å². The average molecular weight is 331 g/mol. The van der Waals surface area contributed by atoms with Gasteiger partial charge in [0.05, 0.1) is 0 Å². The lowest BCUT2D eigenvalue weighted by atomic mass is 10.1. The Kier molecular flexibility index (Phi) is 3.58. The van der Waals surface area contributed by atoms with Crippen molar-refractivity contribution in [3.8, 4) is 11.5 Å². The number of aromatic nitrogens is 3. The molecule has 0 amide bonds. The first-order chi connectivity index (χ1) is 9.74. The van der Waals surface area contributed by atoms with Crippen molar-refractivity contribution in [2.45, 2.75) is 6.04 Å².